The number of benzene rings is 2. The number of rotatable bonds is 8. The first-order valence-corrected chi connectivity index (χ1v) is 10.1. The monoisotopic (exact) mass is 453 g/mol. The Bertz CT molecular complexity index is 736. The van der Waals surface area contributed by atoms with Crippen molar-refractivity contribution in [2.75, 3.05) is 26.7 Å². The lowest BCUT2D eigenvalue weighted by atomic mass is 9.96. The van der Waals surface area contributed by atoms with Crippen LogP contribution in [0.15, 0.2) is 54.6 Å². The molecule has 1 amide bonds. The first-order chi connectivity index (χ1) is 13.6. The van der Waals surface area contributed by atoms with Gasteiger partial charge in [-0.1, -0.05) is 42.5 Å². The molecule has 0 saturated carbocycles. The summed E-state index contributed by atoms with van der Waals surface area (Å²) in [5.41, 5.74) is 8.45. The number of carbonyl (C=O) groups is 1. The third kappa shape index (κ3) is 8.15. The van der Waals surface area contributed by atoms with E-state index in [2.05, 4.69) is 22.3 Å². The van der Waals surface area contributed by atoms with Crippen molar-refractivity contribution in [1.82, 2.24) is 10.2 Å². The van der Waals surface area contributed by atoms with Gasteiger partial charge in [0.05, 0.1) is 7.11 Å². The van der Waals surface area contributed by atoms with Gasteiger partial charge in [-0.05, 0) is 55.1 Å². The van der Waals surface area contributed by atoms with Crippen molar-refractivity contribution >= 4 is 30.7 Å². The van der Waals surface area contributed by atoms with Crippen LogP contribution in [0.4, 0.5) is 0 Å². The maximum atomic E-state index is 12.2. The molecule has 2 aromatic carbocycles. The number of nitrogens with two attached hydrogens (primary N) is 1. The largest absolute Gasteiger partial charge is 0.497 e. The van der Waals surface area contributed by atoms with Crippen molar-refractivity contribution in [2.45, 2.75) is 31.8 Å². The lowest BCUT2D eigenvalue weighted by Crippen LogP contribution is -2.38. The molecule has 5 nitrogen and oxygen atoms in total. The SMILES string of the molecule is COc1ccc(CN2CCC(CNC(=O)CC(N)c3ccccc3)CC2)cc1.Cl.Cl. The molecule has 3 rings (SSSR count). The van der Waals surface area contributed by atoms with E-state index < -0.39 is 0 Å². The van der Waals surface area contributed by atoms with Gasteiger partial charge >= 0.3 is 0 Å². The Morgan fingerprint density at radius 3 is 2.33 bits per heavy atom. The quantitative estimate of drug-likeness (QED) is 0.634. The molecule has 166 valence electrons. The number of nitrogens with one attached hydrogen (secondary N) is 1. The zero-order valence-corrected chi connectivity index (χ0v) is 19.1. The smallest absolute Gasteiger partial charge is 0.221 e. The Morgan fingerprint density at radius 1 is 1.10 bits per heavy atom. The molecule has 0 bridgehead atoms. The van der Waals surface area contributed by atoms with E-state index in [0.717, 1.165) is 50.3 Å². The van der Waals surface area contributed by atoms with E-state index in [4.69, 9.17) is 10.5 Å². The summed E-state index contributed by atoms with van der Waals surface area (Å²) < 4.78 is 5.21. The van der Waals surface area contributed by atoms with E-state index in [1.807, 2.05) is 42.5 Å². The second-order valence-electron chi connectivity index (χ2n) is 7.59. The molecule has 1 fully saturated rings. The van der Waals surface area contributed by atoms with Crippen LogP contribution >= 0.6 is 24.8 Å². The molecule has 1 unspecified atom stereocenters. The topological polar surface area (TPSA) is 67.6 Å². The average Bonchev–Trinajstić information content (AvgIpc) is 2.74. The van der Waals surface area contributed by atoms with Gasteiger partial charge in [0.15, 0.2) is 0 Å². The van der Waals surface area contributed by atoms with Crippen LogP contribution in [0.1, 0.15) is 36.4 Å². The number of hydrogen-bond donors (Lipinski definition) is 2. The van der Waals surface area contributed by atoms with Crippen LogP contribution in [-0.4, -0.2) is 37.6 Å². The number of likely N-dealkylation sites (tertiary alicyclic amines) is 1. The molecule has 1 atom stereocenters. The average molecular weight is 454 g/mol. The van der Waals surface area contributed by atoms with Crippen LogP contribution in [0.25, 0.3) is 0 Å². The highest BCUT2D eigenvalue weighted by atomic mass is 35.5. The van der Waals surface area contributed by atoms with E-state index in [1.165, 1.54) is 5.56 Å². The van der Waals surface area contributed by atoms with E-state index in [0.29, 0.717) is 12.3 Å². The summed E-state index contributed by atoms with van der Waals surface area (Å²) in [6.45, 7) is 3.85. The van der Waals surface area contributed by atoms with E-state index in [-0.39, 0.29) is 36.8 Å². The summed E-state index contributed by atoms with van der Waals surface area (Å²) in [5.74, 6) is 1.48. The number of hydrogen-bond acceptors (Lipinski definition) is 4. The third-order valence-electron chi connectivity index (χ3n) is 5.49. The summed E-state index contributed by atoms with van der Waals surface area (Å²) in [6, 6.07) is 17.8. The molecule has 3 N–H and O–H groups in total. The minimum Gasteiger partial charge on any atom is -0.497 e. The molecule has 1 aliphatic heterocycles. The minimum atomic E-state index is -0.243. The Balaban J connectivity index is 0.00000225. The maximum absolute atomic E-state index is 12.2. The fourth-order valence-electron chi connectivity index (χ4n) is 3.69. The first kappa shape index (κ1) is 26.2. The van der Waals surface area contributed by atoms with Gasteiger partial charge in [-0.3, -0.25) is 9.69 Å². The zero-order valence-electron chi connectivity index (χ0n) is 17.5. The normalized spacial score (nSPS) is 15.4. The Morgan fingerprint density at radius 2 is 1.73 bits per heavy atom. The predicted molar refractivity (Wildman–Crippen MR) is 126 cm³/mol. The first-order valence-electron chi connectivity index (χ1n) is 10.1. The number of amides is 1. The molecule has 0 spiro atoms. The van der Waals surface area contributed by atoms with Crippen molar-refractivity contribution in [2.24, 2.45) is 11.7 Å². The summed E-state index contributed by atoms with van der Waals surface area (Å²) in [6.07, 6.45) is 2.56. The molecule has 0 aromatic heterocycles. The molecular formula is C23H33Cl2N3O2. The van der Waals surface area contributed by atoms with Crippen LogP contribution in [0.3, 0.4) is 0 Å². The molecule has 0 aliphatic carbocycles. The van der Waals surface area contributed by atoms with Crippen LogP contribution in [0.2, 0.25) is 0 Å². The number of ether oxygens (including phenoxy) is 1. The molecule has 0 radical (unpaired) electrons. The van der Waals surface area contributed by atoms with Crippen molar-refractivity contribution in [1.29, 1.82) is 0 Å². The Hall–Kier alpha value is -1.79. The second kappa shape index (κ2) is 13.5. The predicted octanol–water partition coefficient (Wildman–Crippen LogP) is 3.96. The van der Waals surface area contributed by atoms with Crippen molar-refractivity contribution < 1.29 is 9.53 Å². The number of halogens is 2. The number of piperidine rings is 1. The van der Waals surface area contributed by atoms with Crippen LogP contribution in [-0.2, 0) is 11.3 Å². The van der Waals surface area contributed by atoms with Crippen LogP contribution in [0, 0.1) is 5.92 Å². The highest BCUT2D eigenvalue weighted by Crippen LogP contribution is 2.20. The maximum Gasteiger partial charge on any atom is 0.221 e. The summed E-state index contributed by atoms with van der Waals surface area (Å²) in [5, 5.41) is 3.08. The molecule has 7 heteroatoms. The molecule has 1 heterocycles. The van der Waals surface area contributed by atoms with Gasteiger partial charge in [0.2, 0.25) is 5.91 Å². The van der Waals surface area contributed by atoms with Crippen molar-refractivity contribution in [3.05, 3.63) is 65.7 Å². The van der Waals surface area contributed by atoms with Crippen molar-refractivity contribution in [3.63, 3.8) is 0 Å². The number of nitrogens with zero attached hydrogens (tertiary/aromatic N) is 1. The number of methoxy groups -OCH3 is 1. The molecular weight excluding hydrogens is 421 g/mol. The second-order valence-corrected chi connectivity index (χ2v) is 7.59. The Labute approximate surface area is 192 Å². The number of carbonyl (C=O) groups excluding carboxylic acids is 1. The summed E-state index contributed by atoms with van der Waals surface area (Å²) in [7, 11) is 1.69. The van der Waals surface area contributed by atoms with Crippen LogP contribution < -0.4 is 15.8 Å². The Kier molecular flexibility index (Phi) is 11.8. The third-order valence-corrected chi connectivity index (χ3v) is 5.49. The van der Waals surface area contributed by atoms with E-state index in [9.17, 15) is 4.79 Å². The molecule has 2 aromatic rings. The van der Waals surface area contributed by atoms with E-state index >= 15 is 0 Å². The minimum absolute atomic E-state index is 0. The standard InChI is InChI=1S/C23H31N3O2.2ClH/c1-28-21-9-7-19(8-10-21)17-26-13-11-18(12-14-26)16-25-23(27)15-22(24)20-5-3-2-4-6-20;;/h2-10,18,22H,11-17,24H2,1H3,(H,25,27);2*1H. The van der Waals surface area contributed by atoms with Gasteiger partial charge in [-0.2, -0.15) is 0 Å². The zero-order chi connectivity index (χ0) is 19.8. The fourth-order valence-corrected chi connectivity index (χ4v) is 3.69. The molecule has 1 saturated heterocycles. The van der Waals surface area contributed by atoms with Crippen LogP contribution in [0.5, 0.6) is 5.75 Å². The van der Waals surface area contributed by atoms with Crippen molar-refractivity contribution in [3.8, 4) is 5.75 Å². The molecule has 1 aliphatic rings. The lowest BCUT2D eigenvalue weighted by molar-refractivity contribution is -0.121. The van der Waals surface area contributed by atoms with Gasteiger partial charge in [0.25, 0.3) is 0 Å². The van der Waals surface area contributed by atoms with Gasteiger partial charge in [0, 0.05) is 25.6 Å². The summed E-state index contributed by atoms with van der Waals surface area (Å²) in [4.78, 5) is 14.7. The highest BCUT2D eigenvalue weighted by Gasteiger charge is 2.20. The summed E-state index contributed by atoms with van der Waals surface area (Å²) >= 11 is 0. The molecule has 30 heavy (non-hydrogen) atoms. The van der Waals surface area contributed by atoms with E-state index in [1.54, 1.807) is 7.11 Å². The van der Waals surface area contributed by atoms with Gasteiger partial charge in [0.1, 0.15) is 5.75 Å². The van der Waals surface area contributed by atoms with Gasteiger partial charge in [-0.15, -0.1) is 24.8 Å². The van der Waals surface area contributed by atoms with Gasteiger partial charge < -0.3 is 15.8 Å². The fraction of sp³-hybridized carbons (Fsp3) is 0.435. The van der Waals surface area contributed by atoms with Gasteiger partial charge in [-0.25, -0.2) is 0 Å². The lowest BCUT2D eigenvalue weighted by Gasteiger charge is -2.32. The highest BCUT2D eigenvalue weighted by molar-refractivity contribution is 5.85.